The van der Waals surface area contributed by atoms with Crippen molar-refractivity contribution in [2.45, 2.75) is 65.2 Å². The van der Waals surface area contributed by atoms with Crippen LogP contribution in [0.3, 0.4) is 0 Å². The number of hydrogen-bond donors (Lipinski definition) is 2. The van der Waals surface area contributed by atoms with Gasteiger partial charge in [-0.15, -0.1) is 0 Å². The molecule has 0 aromatic heterocycles. The molecule has 8 nitrogen and oxygen atoms in total. The van der Waals surface area contributed by atoms with E-state index in [0.29, 0.717) is 24.5 Å². The Labute approximate surface area is 154 Å². The van der Waals surface area contributed by atoms with Crippen molar-refractivity contribution in [1.82, 2.24) is 0 Å². The molecule has 26 heavy (non-hydrogen) atoms. The molecule has 0 aliphatic carbocycles. The molecule has 0 aliphatic heterocycles. The highest BCUT2D eigenvalue weighted by molar-refractivity contribution is 5.76. The molecule has 0 radical (unpaired) electrons. The van der Waals surface area contributed by atoms with Gasteiger partial charge >= 0.3 is 0 Å². The number of rotatable bonds is 14. The monoisotopic (exact) mass is 366 g/mol. The van der Waals surface area contributed by atoms with Crippen molar-refractivity contribution in [3.8, 4) is 0 Å². The van der Waals surface area contributed by atoms with E-state index >= 15 is 0 Å². The molecule has 2 N–H and O–H groups in total. The fourth-order valence-corrected chi connectivity index (χ4v) is 2.71. The van der Waals surface area contributed by atoms with Crippen molar-refractivity contribution in [3.05, 3.63) is 32.4 Å². The van der Waals surface area contributed by atoms with Crippen LogP contribution in [0.5, 0.6) is 0 Å². The molecule has 0 saturated carbocycles. The molecule has 146 valence electrons. The number of benzene rings is 1. The van der Waals surface area contributed by atoms with E-state index < -0.39 is 9.85 Å². The third-order valence-electron chi connectivity index (χ3n) is 4.20. The van der Waals surface area contributed by atoms with Crippen LogP contribution in [0.2, 0.25) is 0 Å². The molecule has 1 aromatic carbocycles. The molecule has 8 heteroatoms. The first kappa shape index (κ1) is 21.7. The number of nitro benzene ring substituents is 2. The van der Waals surface area contributed by atoms with Crippen LogP contribution in [0.1, 0.15) is 65.2 Å². The van der Waals surface area contributed by atoms with Gasteiger partial charge in [-0.1, -0.05) is 52.4 Å². The van der Waals surface area contributed by atoms with Crippen LogP contribution < -0.4 is 10.6 Å². The lowest BCUT2D eigenvalue weighted by Crippen LogP contribution is -2.09. The highest BCUT2D eigenvalue weighted by Crippen LogP contribution is 2.36. The third-order valence-corrected chi connectivity index (χ3v) is 4.20. The topological polar surface area (TPSA) is 110 Å². The summed E-state index contributed by atoms with van der Waals surface area (Å²) in [6.07, 6.45) is 8.37. The Morgan fingerprint density at radius 3 is 1.50 bits per heavy atom. The first-order valence-electron chi connectivity index (χ1n) is 9.45. The minimum absolute atomic E-state index is 0.260. The lowest BCUT2D eigenvalue weighted by molar-refractivity contribution is -0.393. The zero-order valence-electron chi connectivity index (χ0n) is 15.8. The molecule has 0 atom stereocenters. The van der Waals surface area contributed by atoms with Crippen LogP contribution in [-0.4, -0.2) is 22.9 Å². The Balaban J connectivity index is 2.89. The number of hydrogen-bond acceptors (Lipinski definition) is 6. The lowest BCUT2D eigenvalue weighted by atomic mass is 10.1. The molecule has 0 heterocycles. The maximum absolute atomic E-state index is 11.3. The normalized spacial score (nSPS) is 10.5. The van der Waals surface area contributed by atoms with E-state index in [9.17, 15) is 20.2 Å². The fraction of sp³-hybridized carbons (Fsp3) is 0.667. The second-order valence-corrected chi connectivity index (χ2v) is 6.38. The number of nitro groups is 2. The summed E-state index contributed by atoms with van der Waals surface area (Å²) in [5.41, 5.74) is 0.133. The Morgan fingerprint density at radius 2 is 1.15 bits per heavy atom. The Morgan fingerprint density at radius 1 is 0.731 bits per heavy atom. The van der Waals surface area contributed by atoms with E-state index in [4.69, 9.17) is 0 Å². The number of nitrogens with zero attached hydrogens (tertiary/aromatic N) is 2. The summed E-state index contributed by atoms with van der Waals surface area (Å²) < 4.78 is 0. The highest BCUT2D eigenvalue weighted by atomic mass is 16.6. The van der Waals surface area contributed by atoms with Gasteiger partial charge in [-0.05, 0) is 18.9 Å². The van der Waals surface area contributed by atoms with Crippen LogP contribution >= 0.6 is 0 Å². The van der Waals surface area contributed by atoms with Crippen LogP contribution in [0, 0.1) is 20.2 Å². The number of anilines is 2. The van der Waals surface area contributed by atoms with Gasteiger partial charge in [0.2, 0.25) is 0 Å². The number of nitrogens with one attached hydrogen (secondary N) is 2. The standard InChI is InChI=1S/C18H30N4O4/c1-3-5-7-9-11-19-15-13-16(20-12-10-8-6-4-2)18(22(25)26)14-17(15)21(23)24/h13-14,19-20H,3-12H2,1-2H3. The van der Waals surface area contributed by atoms with E-state index in [2.05, 4.69) is 24.5 Å². The predicted molar refractivity (Wildman–Crippen MR) is 105 cm³/mol. The van der Waals surface area contributed by atoms with Gasteiger partial charge in [-0.2, -0.15) is 0 Å². The van der Waals surface area contributed by atoms with Gasteiger partial charge in [0.1, 0.15) is 11.4 Å². The molecule has 0 spiro atoms. The van der Waals surface area contributed by atoms with Gasteiger partial charge in [-0.25, -0.2) is 0 Å². The van der Waals surface area contributed by atoms with Gasteiger partial charge in [0.25, 0.3) is 11.4 Å². The minimum atomic E-state index is -0.577. The average molecular weight is 366 g/mol. The van der Waals surface area contributed by atoms with Gasteiger partial charge in [0, 0.05) is 13.1 Å². The fourth-order valence-electron chi connectivity index (χ4n) is 2.71. The van der Waals surface area contributed by atoms with E-state index in [-0.39, 0.29) is 11.4 Å². The maximum Gasteiger partial charge on any atom is 0.299 e. The van der Waals surface area contributed by atoms with E-state index in [0.717, 1.165) is 57.4 Å². The summed E-state index contributed by atoms with van der Waals surface area (Å²) in [5.74, 6) is 0. The summed E-state index contributed by atoms with van der Waals surface area (Å²) >= 11 is 0. The van der Waals surface area contributed by atoms with Crippen molar-refractivity contribution >= 4 is 22.7 Å². The van der Waals surface area contributed by atoms with Crippen molar-refractivity contribution in [2.75, 3.05) is 23.7 Å². The first-order valence-corrected chi connectivity index (χ1v) is 9.45. The Bertz CT molecular complexity index is 546. The summed E-state index contributed by atoms with van der Waals surface area (Å²) in [6, 6.07) is 2.54. The summed E-state index contributed by atoms with van der Waals surface area (Å²) in [7, 11) is 0. The van der Waals surface area contributed by atoms with Gasteiger partial charge in [0.15, 0.2) is 0 Å². The van der Waals surface area contributed by atoms with Gasteiger partial charge < -0.3 is 10.6 Å². The minimum Gasteiger partial charge on any atom is -0.379 e. The maximum atomic E-state index is 11.3. The van der Waals surface area contributed by atoms with Crippen LogP contribution in [0.15, 0.2) is 12.1 Å². The molecular formula is C18H30N4O4. The lowest BCUT2D eigenvalue weighted by Gasteiger charge is -2.11. The van der Waals surface area contributed by atoms with Gasteiger partial charge in [0.05, 0.1) is 15.9 Å². The molecule has 0 bridgehead atoms. The average Bonchev–Trinajstić information content (AvgIpc) is 2.60. The van der Waals surface area contributed by atoms with Crippen LogP contribution in [-0.2, 0) is 0 Å². The van der Waals surface area contributed by atoms with E-state index in [1.54, 1.807) is 0 Å². The molecule has 0 amide bonds. The van der Waals surface area contributed by atoms with Crippen molar-refractivity contribution in [2.24, 2.45) is 0 Å². The van der Waals surface area contributed by atoms with Crippen LogP contribution in [0.4, 0.5) is 22.7 Å². The first-order chi connectivity index (χ1) is 12.5. The molecule has 0 saturated heterocycles. The van der Waals surface area contributed by atoms with Crippen LogP contribution in [0.25, 0.3) is 0 Å². The van der Waals surface area contributed by atoms with Crippen molar-refractivity contribution < 1.29 is 9.85 Å². The Hall–Kier alpha value is -2.38. The largest absolute Gasteiger partial charge is 0.379 e. The summed E-state index contributed by atoms with van der Waals surface area (Å²) in [4.78, 5) is 21.4. The zero-order chi connectivity index (χ0) is 19.4. The second-order valence-electron chi connectivity index (χ2n) is 6.38. The molecule has 0 aliphatic rings. The second kappa shape index (κ2) is 12.1. The number of unbranched alkanes of at least 4 members (excludes halogenated alkanes) is 6. The predicted octanol–water partition coefficient (Wildman–Crippen LogP) is 5.49. The quantitative estimate of drug-likeness (QED) is 0.256. The van der Waals surface area contributed by atoms with Gasteiger partial charge in [-0.3, -0.25) is 20.2 Å². The zero-order valence-corrected chi connectivity index (χ0v) is 15.8. The SMILES string of the molecule is CCCCCCNc1cc(NCCCCCC)c([N+](=O)[O-])cc1[N+](=O)[O-]. The van der Waals surface area contributed by atoms with Crippen molar-refractivity contribution in [1.29, 1.82) is 0 Å². The van der Waals surface area contributed by atoms with E-state index in [1.807, 2.05) is 0 Å². The molecular weight excluding hydrogens is 336 g/mol. The molecule has 1 aromatic rings. The molecule has 1 rings (SSSR count). The van der Waals surface area contributed by atoms with E-state index in [1.165, 1.54) is 6.07 Å². The molecule has 0 fully saturated rings. The Kier molecular flexibility index (Phi) is 10.0. The smallest absolute Gasteiger partial charge is 0.299 e. The summed E-state index contributed by atoms with van der Waals surface area (Å²) in [5, 5.41) is 28.7. The van der Waals surface area contributed by atoms with Crippen molar-refractivity contribution in [3.63, 3.8) is 0 Å². The molecule has 0 unspecified atom stereocenters. The summed E-state index contributed by atoms with van der Waals surface area (Å²) in [6.45, 7) is 5.45. The highest BCUT2D eigenvalue weighted by Gasteiger charge is 2.24. The third kappa shape index (κ3) is 7.25.